The number of para-hydroxylation sites is 5. The Kier molecular flexibility index (Phi) is 11.0. The molecule has 0 bridgehead atoms. The normalized spacial score (nSPS) is 13.3. The van der Waals surface area contributed by atoms with E-state index in [-0.39, 0.29) is 12.1 Å². The fraction of sp³-hybridized carbons (Fsp3) is 0.0385. The maximum absolute atomic E-state index is 5.27. The smallest absolute Gasteiger partial charge is 0.252 e. The first-order valence-corrected chi connectivity index (χ1v) is 29.3. The molecular formula is C78H53BN6. The molecule has 1 aliphatic carbocycles. The van der Waals surface area contributed by atoms with E-state index in [9.17, 15) is 0 Å². The fourth-order valence-electron chi connectivity index (χ4n) is 14.1. The zero-order valence-corrected chi connectivity index (χ0v) is 46.9. The lowest BCUT2D eigenvalue weighted by atomic mass is 9.33. The van der Waals surface area contributed by atoms with Crippen LogP contribution in [0.3, 0.4) is 0 Å². The van der Waals surface area contributed by atoms with Gasteiger partial charge >= 0.3 is 0 Å². The molecule has 0 amide bonds. The number of hydrogen-bond acceptors (Lipinski definition) is 5. The average molecular weight is 1090 g/mol. The van der Waals surface area contributed by atoms with Crippen LogP contribution in [0.15, 0.2) is 285 Å². The average Bonchev–Trinajstić information content (AvgIpc) is 1.52. The van der Waals surface area contributed by atoms with Crippen molar-refractivity contribution in [2.24, 2.45) is 0 Å². The summed E-state index contributed by atoms with van der Waals surface area (Å²) in [7, 11) is 0. The lowest BCUT2D eigenvalue weighted by Crippen LogP contribution is -2.61. The van der Waals surface area contributed by atoms with Crippen molar-refractivity contribution in [3.63, 3.8) is 0 Å². The number of nitrogens with zero attached hydrogens (tertiary/aromatic N) is 6. The van der Waals surface area contributed by atoms with Crippen LogP contribution in [-0.2, 0) is 5.41 Å². The highest BCUT2D eigenvalue weighted by Crippen LogP contribution is 2.52. The van der Waals surface area contributed by atoms with Crippen LogP contribution in [0, 0.1) is 0 Å². The largest absolute Gasteiger partial charge is 0.311 e. The maximum atomic E-state index is 5.27. The first-order valence-electron chi connectivity index (χ1n) is 29.3. The van der Waals surface area contributed by atoms with Gasteiger partial charge in [-0.15, -0.1) is 0 Å². The molecule has 7 heteroatoms. The van der Waals surface area contributed by atoms with E-state index in [0.29, 0.717) is 17.5 Å². The molecule has 85 heavy (non-hydrogen) atoms. The molecule has 0 unspecified atom stereocenters. The minimum atomic E-state index is -0.188. The van der Waals surface area contributed by atoms with E-state index < -0.39 is 0 Å². The number of aromatic nitrogens is 4. The molecule has 0 N–H and O–H groups in total. The van der Waals surface area contributed by atoms with E-state index in [1.165, 1.54) is 77.7 Å². The van der Waals surface area contributed by atoms with Crippen LogP contribution >= 0.6 is 0 Å². The second-order valence-electron chi connectivity index (χ2n) is 23.1. The van der Waals surface area contributed by atoms with Gasteiger partial charge in [0.15, 0.2) is 17.5 Å². The molecule has 0 spiro atoms. The van der Waals surface area contributed by atoms with E-state index >= 15 is 0 Å². The summed E-state index contributed by atoms with van der Waals surface area (Å²) >= 11 is 0. The molecule has 0 saturated carbocycles. The predicted molar refractivity (Wildman–Crippen MR) is 353 cm³/mol. The standard InChI is InChI=1S/C78H53BN6/c1-78(2)63-33-17-15-31-58(63)61-48-62-59-32-16-20-36-67(59)85(72(62)49-64(61)78)68-45-43-54(77-81-75(52-23-7-3-8-24-52)80-76(82-77)53-25-9-4-10-26-53)47-60(68)51-41-39-50(40-42-51)57-44-46-71-73-74(57)84(56-29-13-6-14-30-56)70-38-22-19-35-66(70)79(73)65-34-18-21-37-69(65)83(71)55-27-11-5-12-28-55/h3-49H,1-2H3. The van der Waals surface area contributed by atoms with Crippen molar-refractivity contribution in [3.05, 3.63) is 296 Å². The number of hydrogen-bond donors (Lipinski definition) is 0. The fourth-order valence-corrected chi connectivity index (χ4v) is 14.1. The summed E-state index contributed by atoms with van der Waals surface area (Å²) in [6.45, 7) is 4.73. The van der Waals surface area contributed by atoms with Gasteiger partial charge in [0, 0.05) is 72.4 Å². The SMILES string of the molecule is CC1(C)c2ccccc2-c2cc3c4ccccc4n(-c4ccc(-c5nc(-c6ccccc6)nc(-c6ccccc6)n5)cc4-c4ccc(-c5ccc6c7c5N(c5ccccc5)c5ccccc5B7c5ccccc5N6c5ccccc5)cc4)c3cc21. The van der Waals surface area contributed by atoms with Gasteiger partial charge in [0.2, 0.25) is 0 Å². The second kappa shape index (κ2) is 19.1. The van der Waals surface area contributed by atoms with Crippen molar-refractivity contribution in [1.29, 1.82) is 0 Å². The minimum absolute atomic E-state index is 0.00532. The molecular weight excluding hydrogens is 1030 g/mol. The van der Waals surface area contributed by atoms with Crippen LogP contribution in [0.2, 0.25) is 0 Å². The summed E-state index contributed by atoms with van der Waals surface area (Å²) in [4.78, 5) is 20.6. The highest BCUT2D eigenvalue weighted by Gasteiger charge is 2.44. The van der Waals surface area contributed by atoms with Gasteiger partial charge in [-0.3, -0.25) is 0 Å². The van der Waals surface area contributed by atoms with Gasteiger partial charge in [-0.1, -0.05) is 220 Å². The highest BCUT2D eigenvalue weighted by atomic mass is 15.2. The van der Waals surface area contributed by atoms with E-state index in [1.54, 1.807) is 0 Å². The Morgan fingerprint density at radius 2 is 0.824 bits per heavy atom. The molecule has 0 radical (unpaired) electrons. The molecule has 2 aromatic heterocycles. The second-order valence-corrected chi connectivity index (χ2v) is 23.1. The third-order valence-electron chi connectivity index (χ3n) is 18.0. The molecule has 0 saturated heterocycles. The molecule has 6 nitrogen and oxygen atoms in total. The molecule has 3 aliphatic rings. The van der Waals surface area contributed by atoms with Crippen molar-refractivity contribution in [2.75, 3.05) is 9.80 Å². The lowest BCUT2D eigenvalue weighted by molar-refractivity contribution is 0.661. The van der Waals surface area contributed by atoms with Gasteiger partial charge in [-0.2, -0.15) is 0 Å². The lowest BCUT2D eigenvalue weighted by Gasteiger charge is -2.45. The molecule has 0 fully saturated rings. The van der Waals surface area contributed by atoms with E-state index in [0.717, 1.165) is 61.5 Å². The number of fused-ring (bicyclic) bond motifs is 10. The summed E-state index contributed by atoms with van der Waals surface area (Å²) in [5.41, 5.74) is 26.5. The Bertz CT molecular complexity index is 4910. The highest BCUT2D eigenvalue weighted by molar-refractivity contribution is 7.00. The molecule has 4 heterocycles. The van der Waals surface area contributed by atoms with Crippen LogP contribution in [-0.4, -0.2) is 26.2 Å². The summed E-state index contributed by atoms with van der Waals surface area (Å²) < 4.78 is 2.49. The topological polar surface area (TPSA) is 50.1 Å². The van der Waals surface area contributed by atoms with Gasteiger partial charge in [-0.05, 0) is 129 Å². The van der Waals surface area contributed by atoms with Crippen molar-refractivity contribution >= 4 is 79.0 Å². The number of rotatable bonds is 8. The zero-order chi connectivity index (χ0) is 56.3. The van der Waals surface area contributed by atoms with Crippen molar-refractivity contribution in [1.82, 2.24) is 19.5 Å². The van der Waals surface area contributed by atoms with Gasteiger partial charge in [0.05, 0.1) is 22.4 Å². The first-order chi connectivity index (χ1) is 41.9. The minimum Gasteiger partial charge on any atom is -0.311 e. The van der Waals surface area contributed by atoms with Gasteiger partial charge in [-0.25, -0.2) is 15.0 Å². The van der Waals surface area contributed by atoms with Crippen LogP contribution in [0.1, 0.15) is 25.0 Å². The third kappa shape index (κ3) is 7.56. The zero-order valence-electron chi connectivity index (χ0n) is 46.9. The Labute approximate surface area is 494 Å². The quantitative estimate of drug-likeness (QED) is 0.142. The summed E-state index contributed by atoms with van der Waals surface area (Å²) in [5, 5.41) is 2.44. The van der Waals surface area contributed by atoms with E-state index in [1.807, 2.05) is 36.4 Å². The molecule has 17 rings (SSSR count). The summed E-state index contributed by atoms with van der Waals surface area (Å²) in [6, 6.07) is 104. The monoisotopic (exact) mass is 1080 g/mol. The molecule has 14 aromatic rings. The Morgan fingerprint density at radius 3 is 1.48 bits per heavy atom. The summed E-state index contributed by atoms with van der Waals surface area (Å²) in [5.74, 6) is 1.85. The molecule has 0 atom stereocenters. The van der Waals surface area contributed by atoms with E-state index in [4.69, 9.17) is 15.0 Å². The van der Waals surface area contributed by atoms with Crippen LogP contribution in [0.4, 0.5) is 34.1 Å². The summed E-state index contributed by atoms with van der Waals surface area (Å²) in [6.07, 6.45) is 0. The van der Waals surface area contributed by atoms with Crippen molar-refractivity contribution in [2.45, 2.75) is 19.3 Å². The molecule has 2 aliphatic heterocycles. The number of benzene rings is 12. The van der Waals surface area contributed by atoms with Crippen LogP contribution in [0.25, 0.3) is 95.0 Å². The number of anilines is 6. The third-order valence-corrected chi connectivity index (χ3v) is 18.0. The van der Waals surface area contributed by atoms with Gasteiger partial charge in [0.1, 0.15) is 0 Å². The predicted octanol–water partition coefficient (Wildman–Crippen LogP) is 17.7. The van der Waals surface area contributed by atoms with Crippen molar-refractivity contribution < 1.29 is 0 Å². The maximum Gasteiger partial charge on any atom is 0.252 e. The first kappa shape index (κ1) is 48.8. The molecule has 12 aromatic carbocycles. The van der Waals surface area contributed by atoms with Crippen LogP contribution < -0.4 is 26.2 Å². The van der Waals surface area contributed by atoms with Gasteiger partial charge in [0.25, 0.3) is 6.71 Å². The Balaban J connectivity index is 0.896. The Morgan fingerprint density at radius 1 is 0.318 bits per heavy atom. The Hall–Kier alpha value is -10.9. The van der Waals surface area contributed by atoms with Crippen LogP contribution in [0.5, 0.6) is 0 Å². The van der Waals surface area contributed by atoms with Crippen molar-refractivity contribution in [3.8, 4) is 73.2 Å². The van der Waals surface area contributed by atoms with E-state index in [2.05, 4.69) is 277 Å². The van der Waals surface area contributed by atoms with Gasteiger partial charge < -0.3 is 14.4 Å². The molecule has 398 valence electrons.